The second-order valence-corrected chi connectivity index (χ2v) is 7.29. The lowest BCUT2D eigenvalue weighted by atomic mass is 10.1. The maximum atomic E-state index is 13.7. The number of hydrogen-bond donors (Lipinski definition) is 1. The van der Waals surface area contributed by atoms with Crippen LogP contribution in [0.5, 0.6) is 0 Å². The van der Waals surface area contributed by atoms with Crippen molar-refractivity contribution in [1.29, 1.82) is 0 Å². The molecule has 0 spiro atoms. The molecule has 3 aromatic rings. The van der Waals surface area contributed by atoms with Crippen LogP contribution in [-0.2, 0) is 16.1 Å². The van der Waals surface area contributed by atoms with Gasteiger partial charge < -0.3 is 15.1 Å². The van der Waals surface area contributed by atoms with Crippen molar-refractivity contribution in [3.63, 3.8) is 0 Å². The summed E-state index contributed by atoms with van der Waals surface area (Å²) in [6.45, 7) is 0.992. The first kappa shape index (κ1) is 21.2. The van der Waals surface area contributed by atoms with Crippen LogP contribution in [0.1, 0.15) is 15.9 Å². The van der Waals surface area contributed by atoms with Crippen molar-refractivity contribution >= 4 is 29.1 Å². The summed E-state index contributed by atoms with van der Waals surface area (Å²) in [5.41, 5.74) is 1.57. The summed E-state index contributed by atoms with van der Waals surface area (Å²) in [4.78, 5) is 40.3. The third-order valence-corrected chi connectivity index (χ3v) is 5.15. The van der Waals surface area contributed by atoms with Crippen molar-refractivity contribution in [1.82, 2.24) is 4.90 Å². The van der Waals surface area contributed by atoms with Crippen LogP contribution in [0.2, 0.25) is 0 Å². The van der Waals surface area contributed by atoms with Gasteiger partial charge in [-0.2, -0.15) is 0 Å². The molecule has 1 aliphatic rings. The topological polar surface area (TPSA) is 69.7 Å². The molecule has 1 fully saturated rings. The normalized spacial score (nSPS) is 13.9. The predicted molar refractivity (Wildman–Crippen MR) is 115 cm³/mol. The van der Waals surface area contributed by atoms with Gasteiger partial charge in [-0.1, -0.05) is 30.3 Å². The smallest absolute Gasteiger partial charge is 0.316 e. The van der Waals surface area contributed by atoms with Gasteiger partial charge in [-0.25, -0.2) is 8.78 Å². The van der Waals surface area contributed by atoms with Gasteiger partial charge in [-0.15, -0.1) is 0 Å². The Labute approximate surface area is 183 Å². The third-order valence-electron chi connectivity index (χ3n) is 5.15. The standard InChI is InChI=1S/C24H19F2N3O3/c25-18-10-11-21(20(26)14-18)27-22(30)17-8-6-16(7-9-17)15-28-12-13-29(24(32)23(28)31)19-4-2-1-3-5-19/h1-11,14H,12-13,15H2,(H,27,30). The minimum Gasteiger partial charge on any atom is -0.328 e. The van der Waals surface area contributed by atoms with Gasteiger partial charge in [0.1, 0.15) is 11.6 Å². The fourth-order valence-corrected chi connectivity index (χ4v) is 3.45. The molecule has 3 aromatic carbocycles. The van der Waals surface area contributed by atoms with Crippen molar-refractivity contribution < 1.29 is 23.2 Å². The highest BCUT2D eigenvalue weighted by atomic mass is 19.1. The third kappa shape index (κ3) is 4.49. The van der Waals surface area contributed by atoms with Crippen LogP contribution in [0.3, 0.4) is 0 Å². The zero-order valence-electron chi connectivity index (χ0n) is 16.9. The second kappa shape index (κ2) is 8.97. The molecular formula is C24H19F2N3O3. The summed E-state index contributed by atoms with van der Waals surface area (Å²) in [7, 11) is 0. The number of carbonyl (C=O) groups excluding carboxylic acids is 3. The van der Waals surface area contributed by atoms with Crippen LogP contribution in [0, 0.1) is 11.6 Å². The van der Waals surface area contributed by atoms with Gasteiger partial charge in [0.2, 0.25) is 0 Å². The van der Waals surface area contributed by atoms with Crippen molar-refractivity contribution in [2.75, 3.05) is 23.3 Å². The largest absolute Gasteiger partial charge is 0.328 e. The molecule has 4 rings (SSSR count). The van der Waals surface area contributed by atoms with E-state index in [-0.39, 0.29) is 17.8 Å². The minimum absolute atomic E-state index is 0.124. The van der Waals surface area contributed by atoms with E-state index in [0.29, 0.717) is 24.8 Å². The molecule has 6 nitrogen and oxygen atoms in total. The highest BCUT2D eigenvalue weighted by Gasteiger charge is 2.33. The number of para-hydroxylation sites is 1. The molecule has 1 heterocycles. The number of nitrogens with zero attached hydrogens (tertiary/aromatic N) is 2. The van der Waals surface area contributed by atoms with Gasteiger partial charge >= 0.3 is 11.8 Å². The number of carbonyl (C=O) groups is 3. The average Bonchev–Trinajstić information content (AvgIpc) is 2.80. The quantitative estimate of drug-likeness (QED) is 0.623. The van der Waals surface area contributed by atoms with E-state index in [0.717, 1.165) is 17.7 Å². The molecule has 0 aromatic heterocycles. The lowest BCUT2D eigenvalue weighted by Gasteiger charge is -2.33. The predicted octanol–water partition coefficient (Wildman–Crippen LogP) is 3.59. The summed E-state index contributed by atoms with van der Waals surface area (Å²) < 4.78 is 26.7. The monoisotopic (exact) mass is 435 g/mol. The summed E-state index contributed by atoms with van der Waals surface area (Å²) in [6, 6.07) is 18.3. The Morgan fingerprint density at radius 3 is 2.28 bits per heavy atom. The molecule has 0 aliphatic carbocycles. The first-order chi connectivity index (χ1) is 15.4. The van der Waals surface area contributed by atoms with E-state index < -0.39 is 29.4 Å². The van der Waals surface area contributed by atoms with E-state index in [1.54, 1.807) is 36.4 Å². The maximum absolute atomic E-state index is 13.7. The number of halogens is 2. The first-order valence-corrected chi connectivity index (χ1v) is 9.93. The molecule has 32 heavy (non-hydrogen) atoms. The number of amides is 3. The highest BCUT2D eigenvalue weighted by Crippen LogP contribution is 2.20. The second-order valence-electron chi connectivity index (χ2n) is 7.29. The minimum atomic E-state index is -0.868. The van der Waals surface area contributed by atoms with E-state index in [9.17, 15) is 23.2 Å². The van der Waals surface area contributed by atoms with Crippen LogP contribution in [-0.4, -0.2) is 35.7 Å². The van der Waals surface area contributed by atoms with Gasteiger partial charge in [-0.05, 0) is 42.0 Å². The Morgan fingerprint density at radius 2 is 1.59 bits per heavy atom. The zero-order valence-corrected chi connectivity index (χ0v) is 16.9. The van der Waals surface area contributed by atoms with Gasteiger partial charge in [0.25, 0.3) is 5.91 Å². The number of benzene rings is 3. The molecule has 8 heteroatoms. The molecule has 1 N–H and O–H groups in total. The Balaban J connectivity index is 1.39. The lowest BCUT2D eigenvalue weighted by molar-refractivity contribution is -0.146. The molecule has 3 amide bonds. The Kier molecular flexibility index (Phi) is 5.93. The zero-order chi connectivity index (χ0) is 22.7. The molecular weight excluding hydrogens is 416 g/mol. The number of anilines is 2. The van der Waals surface area contributed by atoms with Crippen LogP contribution in [0.25, 0.3) is 0 Å². The van der Waals surface area contributed by atoms with Crippen LogP contribution >= 0.6 is 0 Å². The van der Waals surface area contributed by atoms with Crippen molar-refractivity contribution in [2.24, 2.45) is 0 Å². The SMILES string of the molecule is O=C(Nc1ccc(F)cc1F)c1ccc(CN2CCN(c3ccccc3)C(=O)C2=O)cc1. The van der Waals surface area contributed by atoms with E-state index in [1.165, 1.54) is 9.80 Å². The summed E-state index contributed by atoms with van der Waals surface area (Å²) >= 11 is 0. The molecule has 0 radical (unpaired) electrons. The molecule has 0 atom stereocenters. The highest BCUT2D eigenvalue weighted by molar-refractivity contribution is 6.40. The molecule has 1 aliphatic heterocycles. The lowest BCUT2D eigenvalue weighted by Crippen LogP contribution is -2.54. The number of rotatable bonds is 5. The molecule has 0 unspecified atom stereocenters. The fraction of sp³-hybridized carbons (Fsp3) is 0.125. The maximum Gasteiger partial charge on any atom is 0.316 e. The summed E-state index contributed by atoms with van der Waals surface area (Å²) in [5, 5.41) is 2.39. The summed E-state index contributed by atoms with van der Waals surface area (Å²) in [5.74, 6) is -3.33. The first-order valence-electron chi connectivity index (χ1n) is 9.93. The van der Waals surface area contributed by atoms with E-state index in [1.807, 2.05) is 18.2 Å². The van der Waals surface area contributed by atoms with Crippen LogP contribution < -0.4 is 10.2 Å². The van der Waals surface area contributed by atoms with Gasteiger partial charge in [-0.3, -0.25) is 14.4 Å². The summed E-state index contributed by atoms with van der Waals surface area (Å²) in [6.07, 6.45) is 0. The van der Waals surface area contributed by atoms with E-state index >= 15 is 0 Å². The van der Waals surface area contributed by atoms with E-state index in [2.05, 4.69) is 5.32 Å². The molecule has 0 saturated carbocycles. The van der Waals surface area contributed by atoms with Gasteiger partial charge in [0.15, 0.2) is 0 Å². The average molecular weight is 435 g/mol. The van der Waals surface area contributed by atoms with Gasteiger partial charge in [0, 0.05) is 37.0 Å². The van der Waals surface area contributed by atoms with Crippen LogP contribution in [0.15, 0.2) is 72.8 Å². The Morgan fingerprint density at radius 1 is 0.875 bits per heavy atom. The molecule has 162 valence electrons. The number of piperazine rings is 1. The fourth-order valence-electron chi connectivity index (χ4n) is 3.45. The molecule has 1 saturated heterocycles. The van der Waals surface area contributed by atoms with Crippen molar-refractivity contribution in [2.45, 2.75) is 6.54 Å². The van der Waals surface area contributed by atoms with E-state index in [4.69, 9.17) is 0 Å². The van der Waals surface area contributed by atoms with Crippen molar-refractivity contribution in [3.8, 4) is 0 Å². The number of hydrogen-bond acceptors (Lipinski definition) is 3. The van der Waals surface area contributed by atoms with Gasteiger partial charge in [0.05, 0.1) is 5.69 Å². The molecule has 0 bridgehead atoms. The Hall–Kier alpha value is -4.07. The van der Waals surface area contributed by atoms with Crippen LogP contribution in [0.4, 0.5) is 20.2 Å². The van der Waals surface area contributed by atoms with Crippen molar-refractivity contribution in [3.05, 3.63) is 95.6 Å². The number of nitrogens with one attached hydrogen (secondary N) is 1. The Bertz CT molecular complexity index is 1170.